The number of carbonyl (C=O) groups is 1. The zero-order chi connectivity index (χ0) is 19.9. The summed E-state index contributed by atoms with van der Waals surface area (Å²) < 4.78 is 12.3. The molecule has 0 atom stereocenters. The van der Waals surface area contributed by atoms with Crippen LogP contribution in [0.1, 0.15) is 28.4 Å². The number of benzene rings is 1. The van der Waals surface area contributed by atoms with Crippen molar-refractivity contribution in [1.82, 2.24) is 25.1 Å². The molecule has 0 aliphatic rings. The van der Waals surface area contributed by atoms with Gasteiger partial charge in [-0.05, 0) is 30.7 Å². The second kappa shape index (κ2) is 8.81. The van der Waals surface area contributed by atoms with E-state index >= 15 is 0 Å². The predicted molar refractivity (Wildman–Crippen MR) is 105 cm³/mol. The average Bonchev–Trinajstić information content (AvgIpc) is 3.27. The van der Waals surface area contributed by atoms with Crippen LogP contribution in [0.25, 0.3) is 11.9 Å². The first kappa shape index (κ1) is 19.1. The quantitative estimate of drug-likeness (QED) is 0.679. The maximum absolute atomic E-state index is 12.6. The molecule has 0 saturated heterocycles. The minimum absolute atomic E-state index is 0.216. The highest BCUT2D eigenvalue weighted by Gasteiger charge is 2.15. The van der Waals surface area contributed by atoms with Gasteiger partial charge in [0.2, 0.25) is 0 Å². The van der Waals surface area contributed by atoms with Crippen molar-refractivity contribution in [2.24, 2.45) is 0 Å². The van der Waals surface area contributed by atoms with Crippen LogP contribution in [0.5, 0.6) is 11.5 Å². The highest BCUT2D eigenvalue weighted by Crippen LogP contribution is 2.33. The predicted octanol–water partition coefficient (Wildman–Crippen LogP) is 2.64. The van der Waals surface area contributed by atoms with Gasteiger partial charge < -0.3 is 14.8 Å². The van der Waals surface area contributed by atoms with E-state index in [4.69, 9.17) is 9.47 Å². The van der Waals surface area contributed by atoms with E-state index in [-0.39, 0.29) is 5.91 Å². The second-order valence-electron chi connectivity index (χ2n) is 5.85. The fraction of sp³-hybridized carbons (Fsp3) is 0.200. The summed E-state index contributed by atoms with van der Waals surface area (Å²) in [5, 5.41) is 6.92. The number of amides is 1. The molecule has 0 spiro atoms. The van der Waals surface area contributed by atoms with E-state index in [9.17, 15) is 4.79 Å². The number of aromatic nitrogens is 4. The van der Waals surface area contributed by atoms with Gasteiger partial charge in [0.15, 0.2) is 17.3 Å². The van der Waals surface area contributed by atoms with Crippen molar-refractivity contribution in [2.75, 3.05) is 14.2 Å². The van der Waals surface area contributed by atoms with Crippen LogP contribution in [0.2, 0.25) is 0 Å². The third-order valence-corrected chi connectivity index (χ3v) is 4.03. The smallest absolute Gasteiger partial charge is 0.251 e. The first-order valence-corrected chi connectivity index (χ1v) is 8.63. The molecule has 1 N–H and O–H groups in total. The largest absolute Gasteiger partial charge is 0.493 e. The Morgan fingerprint density at radius 1 is 1.25 bits per heavy atom. The Labute approximate surface area is 162 Å². The number of methoxy groups -OCH3 is 2. The number of hydrogen-bond donors (Lipinski definition) is 1. The molecule has 0 saturated carbocycles. The monoisotopic (exact) mass is 379 g/mol. The number of nitrogens with zero attached hydrogens (tertiary/aromatic N) is 4. The van der Waals surface area contributed by atoms with Gasteiger partial charge in [-0.1, -0.05) is 18.2 Å². The van der Waals surface area contributed by atoms with Crippen molar-refractivity contribution in [1.29, 1.82) is 0 Å². The molecule has 1 amide bonds. The summed E-state index contributed by atoms with van der Waals surface area (Å²) in [5.41, 5.74) is 2.12. The molecule has 144 valence electrons. The van der Waals surface area contributed by atoms with Crippen molar-refractivity contribution in [3.63, 3.8) is 0 Å². The Kier molecular flexibility index (Phi) is 6.01. The highest BCUT2D eigenvalue weighted by molar-refractivity contribution is 5.95. The van der Waals surface area contributed by atoms with E-state index in [2.05, 4.69) is 20.4 Å². The number of carbonyl (C=O) groups excluding carboxylic acids is 1. The van der Waals surface area contributed by atoms with Crippen LogP contribution in [-0.2, 0) is 6.54 Å². The van der Waals surface area contributed by atoms with E-state index in [1.165, 1.54) is 6.33 Å². The first-order valence-electron chi connectivity index (χ1n) is 8.63. The summed E-state index contributed by atoms with van der Waals surface area (Å²) in [4.78, 5) is 20.8. The second-order valence-corrected chi connectivity index (χ2v) is 5.85. The Morgan fingerprint density at radius 3 is 2.71 bits per heavy atom. The normalized spacial score (nSPS) is 10.8. The van der Waals surface area contributed by atoms with E-state index < -0.39 is 0 Å². The number of rotatable bonds is 7. The molecule has 3 aromatic rings. The van der Waals surface area contributed by atoms with E-state index in [1.54, 1.807) is 43.6 Å². The van der Waals surface area contributed by atoms with Crippen molar-refractivity contribution in [3.8, 4) is 17.3 Å². The topological polar surface area (TPSA) is 91.2 Å². The molecule has 0 unspecified atom stereocenters. The number of allylic oxidation sites excluding steroid dienone is 1. The maximum Gasteiger partial charge on any atom is 0.251 e. The molecule has 2 heterocycles. The molecule has 0 aliphatic carbocycles. The molecule has 0 bridgehead atoms. The molecule has 0 fully saturated rings. The fourth-order valence-electron chi connectivity index (χ4n) is 2.70. The summed E-state index contributed by atoms with van der Waals surface area (Å²) in [6.07, 6.45) is 8.45. The summed E-state index contributed by atoms with van der Waals surface area (Å²) in [6, 6.07) is 7.12. The van der Waals surface area contributed by atoms with Crippen LogP contribution in [0, 0.1) is 0 Å². The molecular formula is C20H21N5O3. The third-order valence-electron chi connectivity index (χ3n) is 4.03. The lowest BCUT2D eigenvalue weighted by Gasteiger charge is -2.13. The van der Waals surface area contributed by atoms with Crippen LogP contribution < -0.4 is 14.8 Å². The standard InChI is InChI=1S/C20H21N5O3/c1-4-5-15-8-16(9-17(27-2)19(15)28-3)20(26)23-11-14-6-7-18(22-10-14)25-13-21-12-24-25/h4-10,12-13H,11H2,1-3H3,(H,23,26). The molecule has 0 aliphatic heterocycles. The van der Waals surface area contributed by atoms with Crippen molar-refractivity contribution < 1.29 is 14.3 Å². The van der Waals surface area contributed by atoms with Crippen molar-refractivity contribution >= 4 is 12.0 Å². The van der Waals surface area contributed by atoms with Crippen LogP contribution in [0.4, 0.5) is 0 Å². The van der Waals surface area contributed by atoms with Gasteiger partial charge in [-0.25, -0.2) is 14.6 Å². The summed E-state index contributed by atoms with van der Waals surface area (Å²) in [5.74, 6) is 1.53. The fourth-order valence-corrected chi connectivity index (χ4v) is 2.70. The lowest BCUT2D eigenvalue weighted by atomic mass is 10.1. The van der Waals surface area contributed by atoms with Gasteiger partial charge in [-0.3, -0.25) is 4.79 Å². The van der Waals surface area contributed by atoms with Gasteiger partial charge in [-0.2, -0.15) is 5.10 Å². The summed E-state index contributed by atoms with van der Waals surface area (Å²) in [7, 11) is 3.11. The minimum atomic E-state index is -0.216. The molecule has 28 heavy (non-hydrogen) atoms. The zero-order valence-corrected chi connectivity index (χ0v) is 15.9. The summed E-state index contributed by atoms with van der Waals surface area (Å²) >= 11 is 0. The molecule has 0 radical (unpaired) electrons. The molecular weight excluding hydrogens is 358 g/mol. The van der Waals surface area contributed by atoms with Gasteiger partial charge >= 0.3 is 0 Å². The number of nitrogens with one attached hydrogen (secondary N) is 1. The Balaban J connectivity index is 1.73. The highest BCUT2D eigenvalue weighted by atomic mass is 16.5. The van der Waals surface area contributed by atoms with Crippen LogP contribution >= 0.6 is 0 Å². The lowest BCUT2D eigenvalue weighted by molar-refractivity contribution is 0.0950. The lowest BCUT2D eigenvalue weighted by Crippen LogP contribution is -2.23. The third kappa shape index (κ3) is 4.17. The van der Waals surface area contributed by atoms with Gasteiger partial charge in [0.1, 0.15) is 12.7 Å². The van der Waals surface area contributed by atoms with Crippen molar-refractivity contribution in [3.05, 3.63) is 65.9 Å². The molecule has 8 heteroatoms. The maximum atomic E-state index is 12.6. The molecule has 2 aromatic heterocycles. The van der Waals surface area contributed by atoms with Gasteiger partial charge in [0.25, 0.3) is 5.91 Å². The Hall–Kier alpha value is -3.68. The average molecular weight is 379 g/mol. The van der Waals surface area contributed by atoms with E-state index in [0.717, 1.165) is 11.1 Å². The zero-order valence-electron chi connectivity index (χ0n) is 15.9. The van der Waals surface area contributed by atoms with Crippen LogP contribution in [0.3, 0.4) is 0 Å². The van der Waals surface area contributed by atoms with Crippen molar-refractivity contribution in [2.45, 2.75) is 13.5 Å². The van der Waals surface area contributed by atoms with E-state index in [1.807, 2.05) is 31.2 Å². The number of pyridine rings is 1. The van der Waals surface area contributed by atoms with Gasteiger partial charge in [0.05, 0.1) is 14.2 Å². The minimum Gasteiger partial charge on any atom is -0.493 e. The molecule has 8 nitrogen and oxygen atoms in total. The van der Waals surface area contributed by atoms with Crippen LogP contribution in [0.15, 0.2) is 49.2 Å². The molecule has 1 aromatic carbocycles. The number of ether oxygens (including phenoxy) is 2. The summed E-state index contributed by atoms with van der Waals surface area (Å²) in [6.45, 7) is 2.24. The van der Waals surface area contributed by atoms with Gasteiger partial charge in [-0.15, -0.1) is 0 Å². The Morgan fingerprint density at radius 2 is 2.11 bits per heavy atom. The first-order chi connectivity index (χ1) is 13.7. The Bertz CT molecular complexity index is 966. The van der Waals surface area contributed by atoms with Gasteiger partial charge in [0, 0.05) is 23.9 Å². The number of hydrogen-bond acceptors (Lipinski definition) is 6. The molecule has 3 rings (SSSR count). The van der Waals surface area contributed by atoms with E-state index in [0.29, 0.717) is 29.4 Å². The SMILES string of the molecule is CC=Cc1cc(C(=O)NCc2ccc(-n3cncn3)nc2)cc(OC)c1OC. The van der Waals surface area contributed by atoms with Crippen LogP contribution in [-0.4, -0.2) is 39.9 Å².